The summed E-state index contributed by atoms with van der Waals surface area (Å²) in [5, 5.41) is 8.70. The van der Waals surface area contributed by atoms with Crippen molar-refractivity contribution in [2.24, 2.45) is 5.92 Å². The van der Waals surface area contributed by atoms with Gasteiger partial charge in [0.1, 0.15) is 11.6 Å². The number of carbonyl (C=O) groups is 1. The fourth-order valence-corrected chi connectivity index (χ4v) is 2.82. The fourth-order valence-electron chi connectivity index (χ4n) is 2.82. The Bertz CT molecular complexity index is 525. The highest BCUT2D eigenvalue weighted by Crippen LogP contribution is 2.31. The van der Waals surface area contributed by atoms with E-state index in [0.29, 0.717) is 17.2 Å². The summed E-state index contributed by atoms with van der Waals surface area (Å²) in [6, 6.07) is 4.22. The van der Waals surface area contributed by atoms with E-state index in [-0.39, 0.29) is 6.10 Å². The molecular formula is C17H21FO3. The number of aliphatic carboxylic acids is 1. The summed E-state index contributed by atoms with van der Waals surface area (Å²) in [6.45, 7) is 2.19. The van der Waals surface area contributed by atoms with Crippen LogP contribution in [-0.2, 0) is 4.79 Å². The lowest BCUT2D eigenvalue weighted by molar-refractivity contribution is -0.131. The van der Waals surface area contributed by atoms with Gasteiger partial charge in [0, 0.05) is 11.6 Å². The molecule has 1 fully saturated rings. The lowest BCUT2D eigenvalue weighted by Crippen LogP contribution is -2.25. The molecule has 1 aliphatic carbocycles. The summed E-state index contributed by atoms with van der Waals surface area (Å²) in [4.78, 5) is 10.6. The van der Waals surface area contributed by atoms with Crippen molar-refractivity contribution in [3.63, 3.8) is 0 Å². The summed E-state index contributed by atoms with van der Waals surface area (Å²) in [5.74, 6) is -0.228. The first-order valence-electron chi connectivity index (χ1n) is 7.45. The van der Waals surface area contributed by atoms with Gasteiger partial charge in [-0.2, -0.15) is 0 Å². The van der Waals surface area contributed by atoms with Gasteiger partial charge >= 0.3 is 5.97 Å². The Balaban J connectivity index is 2.13. The van der Waals surface area contributed by atoms with Gasteiger partial charge in [-0.3, -0.25) is 0 Å². The number of rotatable bonds is 5. The zero-order valence-corrected chi connectivity index (χ0v) is 12.2. The van der Waals surface area contributed by atoms with Crippen LogP contribution in [0, 0.1) is 11.7 Å². The largest absolute Gasteiger partial charge is 0.490 e. The molecule has 3 nitrogen and oxygen atoms in total. The average molecular weight is 292 g/mol. The van der Waals surface area contributed by atoms with Gasteiger partial charge in [0.2, 0.25) is 0 Å². The second-order valence-corrected chi connectivity index (χ2v) is 5.53. The molecule has 4 heteroatoms. The average Bonchev–Trinajstić information content (AvgIpc) is 2.47. The van der Waals surface area contributed by atoms with Crippen molar-refractivity contribution in [2.75, 3.05) is 0 Å². The third kappa shape index (κ3) is 4.59. The minimum atomic E-state index is -1.06. The first-order valence-corrected chi connectivity index (χ1v) is 7.45. The molecular weight excluding hydrogens is 271 g/mol. The fraction of sp³-hybridized carbons (Fsp3) is 0.471. The normalized spacial score (nSPS) is 22.4. The third-order valence-corrected chi connectivity index (χ3v) is 3.98. The van der Waals surface area contributed by atoms with Crippen molar-refractivity contribution in [3.05, 3.63) is 35.7 Å². The van der Waals surface area contributed by atoms with Crippen LogP contribution in [0.1, 0.15) is 44.6 Å². The van der Waals surface area contributed by atoms with Gasteiger partial charge in [-0.1, -0.05) is 19.8 Å². The van der Waals surface area contributed by atoms with Gasteiger partial charge < -0.3 is 9.84 Å². The molecule has 1 aromatic carbocycles. The smallest absolute Gasteiger partial charge is 0.328 e. The maximum Gasteiger partial charge on any atom is 0.328 e. The van der Waals surface area contributed by atoms with Crippen LogP contribution in [-0.4, -0.2) is 17.2 Å². The topological polar surface area (TPSA) is 46.5 Å². The highest BCUT2D eigenvalue weighted by atomic mass is 19.1. The quantitative estimate of drug-likeness (QED) is 0.824. The molecule has 0 bridgehead atoms. The van der Waals surface area contributed by atoms with Crippen LogP contribution in [0.3, 0.4) is 0 Å². The van der Waals surface area contributed by atoms with Crippen LogP contribution in [0.4, 0.5) is 4.39 Å². The first kappa shape index (κ1) is 15.5. The van der Waals surface area contributed by atoms with E-state index in [0.717, 1.165) is 31.8 Å². The van der Waals surface area contributed by atoms with E-state index in [1.165, 1.54) is 24.6 Å². The van der Waals surface area contributed by atoms with Gasteiger partial charge in [-0.05, 0) is 49.5 Å². The standard InChI is InChI=1S/C17H21FO3/c1-2-12-4-3-5-15(10-12)21-16-8-7-14(18)11-13(16)6-9-17(19)20/h6-9,11-12,15H,2-5,10H2,1H3,(H,19,20)/b9-6+. The Morgan fingerprint density at radius 3 is 3.00 bits per heavy atom. The van der Waals surface area contributed by atoms with Crippen LogP contribution in [0.15, 0.2) is 24.3 Å². The Kier molecular flexibility index (Phi) is 5.37. The van der Waals surface area contributed by atoms with E-state index in [2.05, 4.69) is 6.92 Å². The van der Waals surface area contributed by atoms with Crippen LogP contribution < -0.4 is 4.74 Å². The van der Waals surface area contributed by atoms with Gasteiger partial charge in [0.15, 0.2) is 0 Å². The molecule has 1 aromatic rings. The van der Waals surface area contributed by atoms with Gasteiger partial charge in [-0.15, -0.1) is 0 Å². The van der Waals surface area contributed by atoms with Crippen LogP contribution in [0.5, 0.6) is 5.75 Å². The number of carboxylic acids is 1. The van der Waals surface area contributed by atoms with E-state index in [1.54, 1.807) is 6.07 Å². The van der Waals surface area contributed by atoms with Gasteiger partial charge in [0.05, 0.1) is 6.10 Å². The zero-order valence-electron chi connectivity index (χ0n) is 12.2. The Morgan fingerprint density at radius 1 is 1.48 bits per heavy atom. The molecule has 0 saturated heterocycles. The van der Waals surface area contributed by atoms with Crippen LogP contribution in [0.25, 0.3) is 6.08 Å². The van der Waals surface area contributed by atoms with Gasteiger partial charge in [-0.25, -0.2) is 9.18 Å². The third-order valence-electron chi connectivity index (χ3n) is 3.98. The Labute approximate surface area is 124 Å². The molecule has 1 saturated carbocycles. The molecule has 0 aliphatic heterocycles. The number of hydrogen-bond acceptors (Lipinski definition) is 2. The summed E-state index contributed by atoms with van der Waals surface area (Å²) in [7, 11) is 0. The molecule has 0 aromatic heterocycles. The van der Waals surface area contributed by atoms with Crippen molar-refractivity contribution in [1.29, 1.82) is 0 Å². The van der Waals surface area contributed by atoms with Crippen molar-refractivity contribution in [1.82, 2.24) is 0 Å². The summed E-state index contributed by atoms with van der Waals surface area (Å²) >= 11 is 0. The maximum absolute atomic E-state index is 13.3. The molecule has 0 spiro atoms. The highest BCUT2D eigenvalue weighted by Gasteiger charge is 2.22. The molecule has 0 amide bonds. The Morgan fingerprint density at radius 2 is 2.29 bits per heavy atom. The second kappa shape index (κ2) is 7.25. The second-order valence-electron chi connectivity index (χ2n) is 5.53. The number of benzene rings is 1. The van der Waals surface area contributed by atoms with E-state index in [4.69, 9.17) is 9.84 Å². The van der Waals surface area contributed by atoms with Crippen LogP contribution in [0.2, 0.25) is 0 Å². The SMILES string of the molecule is CCC1CCCC(Oc2ccc(F)cc2/C=C/C(=O)O)C1. The monoisotopic (exact) mass is 292 g/mol. The lowest BCUT2D eigenvalue weighted by atomic mass is 9.85. The van der Waals surface area contributed by atoms with Crippen molar-refractivity contribution >= 4 is 12.0 Å². The van der Waals surface area contributed by atoms with Crippen molar-refractivity contribution in [3.8, 4) is 5.75 Å². The number of halogens is 1. The molecule has 1 N–H and O–H groups in total. The van der Waals surface area contributed by atoms with Gasteiger partial charge in [0.25, 0.3) is 0 Å². The number of hydrogen-bond donors (Lipinski definition) is 1. The predicted molar refractivity (Wildman–Crippen MR) is 79.7 cm³/mol. The molecule has 21 heavy (non-hydrogen) atoms. The van der Waals surface area contributed by atoms with Crippen molar-refractivity contribution < 1.29 is 19.0 Å². The molecule has 2 atom stereocenters. The predicted octanol–water partition coefficient (Wildman–Crippen LogP) is 4.27. The maximum atomic E-state index is 13.3. The van der Waals surface area contributed by atoms with Crippen molar-refractivity contribution in [2.45, 2.75) is 45.1 Å². The summed E-state index contributed by atoms with van der Waals surface area (Å²) < 4.78 is 19.3. The first-order chi connectivity index (χ1) is 10.1. The minimum Gasteiger partial charge on any atom is -0.490 e. The highest BCUT2D eigenvalue weighted by molar-refractivity contribution is 5.85. The van der Waals surface area contributed by atoms with Crippen LogP contribution >= 0.6 is 0 Å². The molecule has 2 unspecified atom stereocenters. The molecule has 1 aliphatic rings. The molecule has 0 radical (unpaired) electrons. The van der Waals surface area contributed by atoms with E-state index >= 15 is 0 Å². The number of ether oxygens (including phenoxy) is 1. The zero-order chi connectivity index (χ0) is 15.2. The Hall–Kier alpha value is -1.84. The summed E-state index contributed by atoms with van der Waals surface area (Å²) in [5.41, 5.74) is 0.469. The molecule has 114 valence electrons. The molecule has 2 rings (SSSR count). The minimum absolute atomic E-state index is 0.131. The van der Waals surface area contributed by atoms with E-state index in [9.17, 15) is 9.18 Å². The summed E-state index contributed by atoms with van der Waals surface area (Å²) in [6.07, 6.45) is 8.04. The van der Waals surface area contributed by atoms with E-state index in [1.807, 2.05) is 0 Å². The molecule has 0 heterocycles. The lowest BCUT2D eigenvalue weighted by Gasteiger charge is -2.29. The van der Waals surface area contributed by atoms with E-state index < -0.39 is 11.8 Å². The number of carboxylic acid groups (broad SMARTS) is 1.